The first-order valence-corrected chi connectivity index (χ1v) is 6.84. The largest absolute Gasteiger partial charge is 0.319 e. The van der Waals surface area contributed by atoms with E-state index in [1.54, 1.807) is 12.1 Å². The Morgan fingerprint density at radius 2 is 1.95 bits per heavy atom. The molecule has 0 unspecified atom stereocenters. The first-order chi connectivity index (χ1) is 9.06. The maximum Gasteiger partial charge on any atom is 0.319 e. The molecule has 2 rings (SSSR count). The highest BCUT2D eigenvalue weighted by molar-refractivity contribution is 7.98. The van der Waals surface area contributed by atoms with E-state index in [-0.39, 0.29) is 16.0 Å². The van der Waals surface area contributed by atoms with Gasteiger partial charge in [0, 0.05) is 10.8 Å². The highest BCUT2D eigenvalue weighted by Crippen LogP contribution is 2.30. The van der Waals surface area contributed by atoms with E-state index < -0.39 is 4.92 Å². The summed E-state index contributed by atoms with van der Waals surface area (Å²) in [7, 11) is 0. The van der Waals surface area contributed by atoms with Crippen LogP contribution in [-0.2, 0) is 5.75 Å². The minimum Gasteiger partial charge on any atom is -0.258 e. The summed E-state index contributed by atoms with van der Waals surface area (Å²) in [5, 5.41) is 11.7. The maximum atomic E-state index is 10.8. The number of nitrogens with zero attached hydrogens (tertiary/aromatic N) is 3. The molecule has 5 nitrogen and oxygen atoms in total. The van der Waals surface area contributed by atoms with Crippen LogP contribution in [0, 0.1) is 10.1 Å². The molecular formula is C11H7Cl2N3O2S. The van der Waals surface area contributed by atoms with E-state index in [0.29, 0.717) is 10.8 Å². The molecule has 0 aliphatic heterocycles. The third-order valence-corrected chi connectivity index (χ3v) is 3.68. The number of hydrogen-bond donors (Lipinski definition) is 0. The third kappa shape index (κ3) is 3.79. The van der Waals surface area contributed by atoms with Gasteiger partial charge in [0.1, 0.15) is 6.20 Å². The SMILES string of the molecule is O=[N+]([O-])c1cnc(Cl)nc1SCc1ccc(Cl)cc1. The van der Waals surface area contributed by atoms with Gasteiger partial charge in [0.15, 0.2) is 5.03 Å². The lowest BCUT2D eigenvalue weighted by atomic mass is 10.2. The quantitative estimate of drug-likeness (QED) is 0.280. The molecule has 0 N–H and O–H groups in total. The molecule has 0 aliphatic carbocycles. The average Bonchev–Trinajstić information content (AvgIpc) is 2.38. The second-order valence-corrected chi connectivity index (χ2v) is 5.24. The van der Waals surface area contributed by atoms with E-state index in [2.05, 4.69) is 9.97 Å². The van der Waals surface area contributed by atoms with Crippen molar-refractivity contribution in [2.45, 2.75) is 10.8 Å². The molecule has 1 heterocycles. The predicted molar refractivity (Wildman–Crippen MR) is 74.7 cm³/mol. The molecule has 1 aromatic heterocycles. The Morgan fingerprint density at radius 1 is 1.26 bits per heavy atom. The molecule has 1 aromatic carbocycles. The van der Waals surface area contributed by atoms with Crippen LogP contribution in [-0.4, -0.2) is 14.9 Å². The molecule has 0 fully saturated rings. The Labute approximate surface area is 123 Å². The van der Waals surface area contributed by atoms with Gasteiger partial charge in [-0.2, -0.15) is 0 Å². The molecule has 0 bridgehead atoms. The van der Waals surface area contributed by atoms with E-state index in [9.17, 15) is 10.1 Å². The van der Waals surface area contributed by atoms with Crippen LogP contribution in [0.4, 0.5) is 5.69 Å². The Kier molecular flexibility index (Phi) is 4.57. The number of thioether (sulfide) groups is 1. The third-order valence-electron chi connectivity index (χ3n) is 2.19. The van der Waals surface area contributed by atoms with Crippen LogP contribution in [0.3, 0.4) is 0 Å². The zero-order chi connectivity index (χ0) is 13.8. The number of aromatic nitrogens is 2. The number of benzene rings is 1. The second-order valence-electron chi connectivity index (χ2n) is 3.50. The van der Waals surface area contributed by atoms with Crippen molar-refractivity contribution in [3.63, 3.8) is 0 Å². The maximum absolute atomic E-state index is 10.8. The topological polar surface area (TPSA) is 68.9 Å². The van der Waals surface area contributed by atoms with Gasteiger partial charge >= 0.3 is 5.69 Å². The van der Waals surface area contributed by atoms with Crippen molar-refractivity contribution in [2.24, 2.45) is 0 Å². The smallest absolute Gasteiger partial charge is 0.258 e. The molecule has 19 heavy (non-hydrogen) atoms. The molecule has 8 heteroatoms. The highest BCUT2D eigenvalue weighted by atomic mass is 35.5. The Bertz CT molecular complexity index is 607. The van der Waals surface area contributed by atoms with Gasteiger partial charge in [0.25, 0.3) is 0 Å². The van der Waals surface area contributed by atoms with Crippen LogP contribution in [0.5, 0.6) is 0 Å². The number of hydrogen-bond acceptors (Lipinski definition) is 5. The summed E-state index contributed by atoms with van der Waals surface area (Å²) < 4.78 is 0. The van der Waals surface area contributed by atoms with Gasteiger partial charge in [-0.25, -0.2) is 9.97 Å². The van der Waals surface area contributed by atoms with Crippen molar-refractivity contribution in [3.05, 3.63) is 56.4 Å². The van der Waals surface area contributed by atoms with Crippen LogP contribution in [0.1, 0.15) is 5.56 Å². The van der Waals surface area contributed by atoms with E-state index in [1.807, 2.05) is 12.1 Å². The van der Waals surface area contributed by atoms with Gasteiger partial charge in [-0.05, 0) is 29.3 Å². The van der Waals surface area contributed by atoms with Crippen molar-refractivity contribution in [2.75, 3.05) is 0 Å². The second kappa shape index (κ2) is 6.18. The van der Waals surface area contributed by atoms with Crippen molar-refractivity contribution in [1.29, 1.82) is 0 Å². The van der Waals surface area contributed by atoms with Crippen LogP contribution < -0.4 is 0 Å². The fourth-order valence-corrected chi connectivity index (χ4v) is 2.53. The summed E-state index contributed by atoms with van der Waals surface area (Å²) in [5.41, 5.74) is 0.835. The van der Waals surface area contributed by atoms with Gasteiger partial charge in [0.2, 0.25) is 5.28 Å². The molecular weight excluding hydrogens is 309 g/mol. The van der Waals surface area contributed by atoms with E-state index in [0.717, 1.165) is 11.8 Å². The van der Waals surface area contributed by atoms with Crippen molar-refractivity contribution in [3.8, 4) is 0 Å². The zero-order valence-electron chi connectivity index (χ0n) is 9.42. The molecule has 98 valence electrons. The molecule has 0 spiro atoms. The Balaban J connectivity index is 2.16. The van der Waals surface area contributed by atoms with Gasteiger partial charge in [0.05, 0.1) is 4.92 Å². The zero-order valence-corrected chi connectivity index (χ0v) is 11.7. The summed E-state index contributed by atoms with van der Waals surface area (Å²) >= 11 is 12.7. The van der Waals surface area contributed by atoms with E-state index in [1.165, 1.54) is 11.8 Å². The first kappa shape index (κ1) is 14.0. The summed E-state index contributed by atoms with van der Waals surface area (Å²) in [5.74, 6) is 0.533. The monoisotopic (exact) mass is 315 g/mol. The normalized spacial score (nSPS) is 10.4. The lowest BCUT2D eigenvalue weighted by Crippen LogP contribution is -1.96. The van der Waals surface area contributed by atoms with Crippen molar-refractivity contribution in [1.82, 2.24) is 9.97 Å². The van der Waals surface area contributed by atoms with E-state index in [4.69, 9.17) is 23.2 Å². The van der Waals surface area contributed by atoms with Crippen molar-refractivity contribution < 1.29 is 4.92 Å². The summed E-state index contributed by atoms with van der Waals surface area (Å²) in [6, 6.07) is 7.23. The number of nitro groups is 1. The number of halogens is 2. The summed E-state index contributed by atoms with van der Waals surface area (Å²) in [4.78, 5) is 17.8. The number of rotatable bonds is 4. The molecule has 2 aromatic rings. The minimum absolute atomic E-state index is 0.00999. The van der Waals surface area contributed by atoms with Crippen molar-refractivity contribution >= 4 is 40.7 Å². The molecule has 0 saturated carbocycles. The standard InChI is InChI=1S/C11H7Cl2N3O2S/c12-8-3-1-7(2-4-8)6-19-10-9(16(17)18)5-14-11(13)15-10/h1-5H,6H2. The van der Waals surface area contributed by atoms with Crippen LogP contribution in [0.2, 0.25) is 10.3 Å². The lowest BCUT2D eigenvalue weighted by Gasteiger charge is -2.02. The van der Waals surface area contributed by atoms with Gasteiger partial charge in [-0.15, -0.1) is 0 Å². The lowest BCUT2D eigenvalue weighted by molar-refractivity contribution is -0.388. The molecule has 0 atom stereocenters. The van der Waals surface area contributed by atoms with E-state index >= 15 is 0 Å². The van der Waals surface area contributed by atoms with Gasteiger partial charge in [-0.1, -0.05) is 35.5 Å². The van der Waals surface area contributed by atoms with Crippen LogP contribution >= 0.6 is 35.0 Å². The van der Waals surface area contributed by atoms with Gasteiger partial charge < -0.3 is 0 Å². The fraction of sp³-hybridized carbons (Fsp3) is 0.0909. The van der Waals surface area contributed by atoms with Crippen LogP contribution in [0.15, 0.2) is 35.5 Å². The minimum atomic E-state index is -0.527. The molecule has 0 radical (unpaired) electrons. The first-order valence-electron chi connectivity index (χ1n) is 5.10. The Morgan fingerprint density at radius 3 is 2.58 bits per heavy atom. The molecule has 0 amide bonds. The Hall–Kier alpha value is -1.37. The predicted octanol–water partition coefficient (Wildman–Crippen LogP) is 3.98. The highest BCUT2D eigenvalue weighted by Gasteiger charge is 2.17. The molecule has 0 saturated heterocycles. The summed E-state index contributed by atoms with van der Waals surface area (Å²) in [6.45, 7) is 0. The molecule has 0 aliphatic rings. The average molecular weight is 316 g/mol. The fourth-order valence-electron chi connectivity index (χ4n) is 1.30. The van der Waals surface area contributed by atoms with Crippen LogP contribution in [0.25, 0.3) is 0 Å². The van der Waals surface area contributed by atoms with Gasteiger partial charge in [-0.3, -0.25) is 10.1 Å². The summed E-state index contributed by atoms with van der Waals surface area (Å²) in [6.07, 6.45) is 1.11.